The minimum absolute atomic E-state index is 0.252. The van der Waals surface area contributed by atoms with Crippen LogP contribution in [0.25, 0.3) is 0 Å². The van der Waals surface area contributed by atoms with Crippen LogP contribution < -0.4 is 0 Å². The lowest BCUT2D eigenvalue weighted by atomic mass is 10.8. The molecular weight excluding hydrogens is 366 g/mol. The highest BCUT2D eigenvalue weighted by Crippen LogP contribution is 2.55. The summed E-state index contributed by atoms with van der Waals surface area (Å²) in [6.45, 7) is 11.3. The van der Waals surface area contributed by atoms with Crippen LogP contribution in [-0.4, -0.2) is 72.6 Å². The smallest absolute Gasteiger partial charge is 0.194 e. The van der Waals surface area contributed by atoms with Crippen molar-refractivity contribution in [2.24, 2.45) is 0 Å². The molecule has 0 amide bonds. The average molecular weight is 392 g/mol. The third-order valence-corrected chi connectivity index (χ3v) is 15.6. The molecule has 0 N–H and O–H groups in total. The monoisotopic (exact) mass is 392 g/mol. The molecule has 0 unspecified atom stereocenters. The van der Waals surface area contributed by atoms with Crippen molar-refractivity contribution in [3.05, 3.63) is 0 Å². The molecule has 0 bridgehead atoms. The predicted molar refractivity (Wildman–Crippen MR) is 93.0 cm³/mol. The van der Waals surface area contributed by atoms with E-state index < -0.39 is 36.9 Å². The average Bonchev–Trinajstić information content (AvgIpc) is 2.39. The Morgan fingerprint density at radius 3 is 0.909 bits per heavy atom. The molecule has 12 heteroatoms. The Morgan fingerprint density at radius 1 is 0.591 bits per heavy atom. The van der Waals surface area contributed by atoms with E-state index in [1.807, 2.05) is 0 Å². The number of nitrogens with zero attached hydrogens (tertiary/aromatic N) is 4. The van der Waals surface area contributed by atoms with E-state index in [2.05, 4.69) is 0 Å². The minimum Gasteiger partial charge on any atom is -0.194 e. The fourth-order valence-electron chi connectivity index (χ4n) is 2.51. The molecule has 0 aliphatic carbocycles. The van der Waals surface area contributed by atoms with Crippen LogP contribution in [0.2, 0.25) is 0 Å². The largest absolute Gasteiger partial charge is 0.290 e. The summed E-state index contributed by atoms with van der Waals surface area (Å²) < 4.78 is 57.0. The molecule has 22 heavy (non-hydrogen) atoms. The van der Waals surface area contributed by atoms with Crippen LogP contribution in [0.3, 0.4) is 0 Å². The Hall–Kier alpha value is 0.600. The van der Waals surface area contributed by atoms with Crippen molar-refractivity contribution in [1.82, 2.24) is 16.3 Å². The molecule has 1 aliphatic rings. The predicted octanol–water partition coefficient (Wildman–Crippen LogP) is 1.66. The van der Waals surface area contributed by atoms with Gasteiger partial charge >= 0.3 is 0 Å². The summed E-state index contributed by atoms with van der Waals surface area (Å²) in [6, 6.07) is 0. The zero-order chi connectivity index (χ0) is 17.3. The highest BCUT2D eigenvalue weighted by molar-refractivity contribution is 8.03. The van der Waals surface area contributed by atoms with Crippen molar-refractivity contribution in [3.63, 3.8) is 0 Å². The third-order valence-electron chi connectivity index (χ3n) is 3.44. The second-order valence-electron chi connectivity index (χ2n) is 4.55. The van der Waals surface area contributed by atoms with E-state index in [1.54, 1.807) is 41.0 Å². The molecule has 8 nitrogen and oxygen atoms in total. The van der Waals surface area contributed by atoms with Gasteiger partial charge in [0.2, 0.25) is 0 Å². The van der Waals surface area contributed by atoms with Gasteiger partial charge in [-0.2, -0.15) is 33.1 Å². The highest BCUT2D eigenvalue weighted by atomic mass is 32.3. The molecule has 0 saturated carbocycles. The van der Waals surface area contributed by atoms with Crippen LogP contribution in [0.5, 0.6) is 0 Å². The van der Waals surface area contributed by atoms with Gasteiger partial charge in [-0.05, 0) is 13.3 Å². The van der Waals surface area contributed by atoms with Crippen LogP contribution >= 0.6 is 16.4 Å². The lowest BCUT2D eigenvalue weighted by molar-refractivity contribution is 0.450. The first-order valence-corrected chi connectivity index (χ1v) is 13.4. The van der Waals surface area contributed by atoms with Gasteiger partial charge in [0.15, 0.2) is 0 Å². The Kier molecular flexibility index (Phi) is 7.18. The van der Waals surface area contributed by atoms with Gasteiger partial charge in [0.1, 0.15) is 0 Å². The van der Waals surface area contributed by atoms with E-state index in [-0.39, 0.29) is 26.2 Å². The van der Waals surface area contributed by atoms with Crippen molar-refractivity contribution < 1.29 is 16.8 Å². The summed E-state index contributed by atoms with van der Waals surface area (Å²) in [5.74, 6) is 0. The molecule has 0 aromatic heterocycles. The summed E-state index contributed by atoms with van der Waals surface area (Å²) in [6.07, 6.45) is 0. The molecule has 1 fully saturated rings. The lowest BCUT2D eigenvalue weighted by Gasteiger charge is -2.45. The van der Waals surface area contributed by atoms with E-state index in [4.69, 9.17) is 0 Å². The molecule has 0 aromatic rings. The van der Waals surface area contributed by atoms with E-state index in [0.29, 0.717) is 0 Å². The van der Waals surface area contributed by atoms with E-state index in [0.717, 1.165) is 0 Å². The normalized spacial score (nSPS) is 31.7. The van der Waals surface area contributed by atoms with Crippen LogP contribution in [0, 0.1) is 0 Å². The number of hydrogen-bond donors (Lipinski definition) is 0. The zero-order valence-electron chi connectivity index (χ0n) is 14.0. The van der Waals surface area contributed by atoms with Gasteiger partial charge < -0.3 is 0 Å². The first-order chi connectivity index (χ1) is 10.1. The molecule has 0 aromatic carbocycles. The third kappa shape index (κ3) is 3.35. The van der Waals surface area contributed by atoms with Gasteiger partial charge in [0, 0.05) is 26.2 Å². The standard InChI is InChI=1S/C10H26N4O4P2S2/c1-7-11-19(5)12(8-2)22(17,18)14(10-4)20(6)13(9-3)21(11,15)16/h7-10H2,1-6H3. The fourth-order valence-corrected chi connectivity index (χ4v) is 13.8. The van der Waals surface area contributed by atoms with Crippen molar-refractivity contribution >= 4 is 36.9 Å². The van der Waals surface area contributed by atoms with Gasteiger partial charge in [0.25, 0.3) is 20.4 Å². The summed E-state index contributed by atoms with van der Waals surface area (Å²) in [7, 11) is -10.4. The fraction of sp³-hybridized carbons (Fsp3) is 1.00. The van der Waals surface area contributed by atoms with Gasteiger partial charge in [0.05, 0.1) is 16.4 Å². The quantitative estimate of drug-likeness (QED) is 0.682. The molecule has 132 valence electrons. The second kappa shape index (κ2) is 7.66. The molecule has 1 saturated heterocycles. The molecule has 0 spiro atoms. The number of rotatable bonds is 4. The molecule has 1 aliphatic heterocycles. The van der Waals surface area contributed by atoms with Crippen LogP contribution in [-0.2, 0) is 20.4 Å². The molecule has 1 rings (SSSR count). The lowest BCUT2D eigenvalue weighted by Crippen LogP contribution is -2.50. The van der Waals surface area contributed by atoms with Crippen molar-refractivity contribution in [2.45, 2.75) is 27.7 Å². The molecular formula is C10H26N4O4P2S2. The maximum Gasteiger partial charge on any atom is 0.290 e. The van der Waals surface area contributed by atoms with Crippen molar-refractivity contribution in [3.8, 4) is 0 Å². The van der Waals surface area contributed by atoms with E-state index in [1.165, 1.54) is 16.3 Å². The first-order valence-electron chi connectivity index (χ1n) is 7.18. The Morgan fingerprint density at radius 2 is 0.773 bits per heavy atom. The van der Waals surface area contributed by atoms with Gasteiger partial charge in [-0.25, -0.2) is 0 Å². The molecule has 0 atom stereocenters. The number of hydrogen-bond acceptors (Lipinski definition) is 4. The summed E-state index contributed by atoms with van der Waals surface area (Å²) in [5.41, 5.74) is 0. The SMILES string of the molecule is CCN1P(C)N(CC)S(=O)(=O)N(CC)P(C)N(CC)S1(=O)=O. The second-order valence-corrected chi connectivity index (χ2v) is 13.1. The van der Waals surface area contributed by atoms with Gasteiger partial charge in [-0.15, -0.1) is 0 Å². The molecule has 1 heterocycles. The Balaban J connectivity index is 3.61. The zero-order valence-corrected chi connectivity index (χ0v) is 17.4. The van der Waals surface area contributed by atoms with Crippen molar-refractivity contribution in [2.75, 3.05) is 39.5 Å². The minimum atomic E-state index is -3.68. The highest BCUT2D eigenvalue weighted by Gasteiger charge is 2.47. The summed E-state index contributed by atoms with van der Waals surface area (Å²) in [5, 5.41) is 0. The van der Waals surface area contributed by atoms with Gasteiger partial charge in [-0.3, -0.25) is 0 Å². The summed E-state index contributed by atoms with van der Waals surface area (Å²) in [4.78, 5) is 0. The van der Waals surface area contributed by atoms with E-state index >= 15 is 0 Å². The van der Waals surface area contributed by atoms with Crippen LogP contribution in [0.1, 0.15) is 27.7 Å². The van der Waals surface area contributed by atoms with Gasteiger partial charge in [-0.1, -0.05) is 27.7 Å². The summed E-state index contributed by atoms with van der Waals surface area (Å²) >= 11 is 0. The maximum atomic E-state index is 12.9. The Bertz CT molecular complexity index is 498. The maximum absolute atomic E-state index is 12.9. The topological polar surface area (TPSA) is 81.2 Å². The van der Waals surface area contributed by atoms with Crippen LogP contribution in [0.15, 0.2) is 0 Å². The van der Waals surface area contributed by atoms with E-state index in [9.17, 15) is 16.8 Å². The Labute approximate surface area is 137 Å². The first kappa shape index (κ1) is 20.6. The molecule has 0 radical (unpaired) electrons. The van der Waals surface area contributed by atoms with Crippen molar-refractivity contribution in [1.29, 1.82) is 0 Å². The van der Waals surface area contributed by atoms with Crippen LogP contribution in [0.4, 0.5) is 0 Å².